The van der Waals surface area contributed by atoms with Gasteiger partial charge in [-0.3, -0.25) is 9.59 Å². The first-order valence-corrected chi connectivity index (χ1v) is 11.4. The van der Waals surface area contributed by atoms with E-state index in [4.69, 9.17) is 28.4 Å². The van der Waals surface area contributed by atoms with E-state index in [1.807, 2.05) is 13.8 Å². The first-order chi connectivity index (χ1) is 17.2. The third-order valence-corrected chi connectivity index (χ3v) is 6.37. The van der Waals surface area contributed by atoms with E-state index in [0.717, 1.165) is 11.1 Å². The fourth-order valence-electron chi connectivity index (χ4n) is 4.72. The van der Waals surface area contributed by atoms with Crippen molar-refractivity contribution in [3.8, 4) is 34.5 Å². The zero-order valence-corrected chi connectivity index (χ0v) is 22.0. The number of ether oxygens (including phenoxy) is 6. The molecule has 0 spiro atoms. The van der Waals surface area contributed by atoms with E-state index in [1.54, 1.807) is 40.6 Å². The summed E-state index contributed by atoms with van der Waals surface area (Å²) in [5.74, 6) is 2.67. The van der Waals surface area contributed by atoms with Crippen molar-refractivity contribution >= 4 is 11.8 Å². The van der Waals surface area contributed by atoms with Crippen molar-refractivity contribution in [2.45, 2.75) is 38.8 Å². The Morgan fingerprint density at radius 3 is 1.19 bits per heavy atom. The summed E-state index contributed by atoms with van der Waals surface area (Å²) in [6, 6.07) is 1.95. The maximum absolute atomic E-state index is 13.1. The van der Waals surface area contributed by atoms with E-state index in [2.05, 4.69) is 10.6 Å². The standard InChI is InChI=1S/C26H34N2O8/c1-13-21(33-5)15(11-19(31-3)23(13)35-7)9-17-25(29)28-18(26(30)27-17)10-16-12-20(32-4)24(36-8)14(2)22(16)34-6/h11-12,17-18H,9-10H2,1-8H3,(H,27,30)(H,28,29)/t17-,18-/m0/s1. The Kier molecular flexibility index (Phi) is 8.39. The Morgan fingerprint density at radius 2 is 0.917 bits per heavy atom. The number of carbonyl (C=O) groups is 2. The molecule has 10 heteroatoms. The third-order valence-electron chi connectivity index (χ3n) is 6.37. The van der Waals surface area contributed by atoms with Gasteiger partial charge in [0.05, 0.1) is 42.7 Å². The monoisotopic (exact) mass is 502 g/mol. The Hall–Kier alpha value is -3.82. The van der Waals surface area contributed by atoms with Gasteiger partial charge in [-0.05, 0) is 26.0 Å². The number of benzene rings is 2. The molecule has 0 radical (unpaired) electrons. The van der Waals surface area contributed by atoms with Gasteiger partial charge in [-0.1, -0.05) is 0 Å². The van der Waals surface area contributed by atoms with Crippen LogP contribution in [0.25, 0.3) is 0 Å². The molecule has 0 bridgehead atoms. The maximum Gasteiger partial charge on any atom is 0.243 e. The maximum atomic E-state index is 13.1. The number of rotatable bonds is 10. The quantitative estimate of drug-likeness (QED) is 0.508. The highest BCUT2D eigenvalue weighted by atomic mass is 16.5. The van der Waals surface area contributed by atoms with Gasteiger partial charge < -0.3 is 39.1 Å². The predicted molar refractivity (Wildman–Crippen MR) is 133 cm³/mol. The van der Waals surface area contributed by atoms with Gasteiger partial charge in [-0.2, -0.15) is 0 Å². The molecule has 1 saturated heterocycles. The van der Waals surface area contributed by atoms with Crippen LogP contribution >= 0.6 is 0 Å². The van der Waals surface area contributed by atoms with Gasteiger partial charge in [0, 0.05) is 35.1 Å². The minimum atomic E-state index is -0.783. The highest BCUT2D eigenvalue weighted by Crippen LogP contribution is 2.41. The molecule has 2 aromatic rings. The summed E-state index contributed by atoms with van der Waals surface area (Å²) in [6.45, 7) is 3.69. The molecule has 1 fully saturated rings. The Morgan fingerprint density at radius 1 is 0.583 bits per heavy atom. The molecular weight excluding hydrogens is 468 g/mol. The van der Waals surface area contributed by atoms with Crippen molar-refractivity contribution < 1.29 is 38.0 Å². The highest BCUT2D eigenvalue weighted by molar-refractivity contribution is 5.97. The summed E-state index contributed by atoms with van der Waals surface area (Å²) < 4.78 is 32.9. The largest absolute Gasteiger partial charge is 0.496 e. The molecule has 1 aliphatic heterocycles. The van der Waals surface area contributed by atoms with E-state index < -0.39 is 12.1 Å². The fraction of sp³-hybridized carbons (Fsp3) is 0.462. The van der Waals surface area contributed by atoms with Gasteiger partial charge in [-0.25, -0.2) is 0 Å². The van der Waals surface area contributed by atoms with Crippen molar-refractivity contribution in [3.63, 3.8) is 0 Å². The molecule has 196 valence electrons. The van der Waals surface area contributed by atoms with Crippen LogP contribution in [0.4, 0.5) is 0 Å². The van der Waals surface area contributed by atoms with Crippen LogP contribution in [-0.2, 0) is 22.4 Å². The second-order valence-corrected chi connectivity index (χ2v) is 8.39. The number of hydrogen-bond acceptors (Lipinski definition) is 8. The highest BCUT2D eigenvalue weighted by Gasteiger charge is 2.35. The summed E-state index contributed by atoms with van der Waals surface area (Å²) >= 11 is 0. The van der Waals surface area contributed by atoms with Gasteiger partial charge in [0.25, 0.3) is 0 Å². The lowest BCUT2D eigenvalue weighted by Gasteiger charge is -2.31. The number of methoxy groups -OCH3 is 6. The summed E-state index contributed by atoms with van der Waals surface area (Å²) in [5, 5.41) is 5.70. The first kappa shape index (κ1) is 26.8. The molecule has 10 nitrogen and oxygen atoms in total. The molecule has 3 rings (SSSR count). The van der Waals surface area contributed by atoms with Crippen molar-refractivity contribution in [2.75, 3.05) is 42.7 Å². The van der Waals surface area contributed by atoms with E-state index in [9.17, 15) is 9.59 Å². The van der Waals surface area contributed by atoms with Crippen LogP contribution in [-0.4, -0.2) is 66.6 Å². The van der Waals surface area contributed by atoms with Crippen molar-refractivity contribution in [1.82, 2.24) is 10.6 Å². The van der Waals surface area contributed by atoms with E-state index in [-0.39, 0.29) is 24.7 Å². The molecule has 2 aromatic carbocycles. The zero-order chi connectivity index (χ0) is 26.6. The molecule has 2 N–H and O–H groups in total. The third kappa shape index (κ3) is 4.93. The normalized spacial score (nSPS) is 17.1. The van der Waals surface area contributed by atoms with Gasteiger partial charge in [0.15, 0.2) is 23.0 Å². The lowest BCUT2D eigenvalue weighted by atomic mass is 9.95. The van der Waals surface area contributed by atoms with Crippen LogP contribution in [0.1, 0.15) is 22.3 Å². The molecular formula is C26H34N2O8. The van der Waals surface area contributed by atoms with E-state index in [1.165, 1.54) is 14.2 Å². The van der Waals surface area contributed by atoms with Crippen LogP contribution in [0, 0.1) is 13.8 Å². The minimum Gasteiger partial charge on any atom is -0.496 e. The number of hydrogen-bond donors (Lipinski definition) is 2. The average Bonchev–Trinajstić information content (AvgIpc) is 2.86. The van der Waals surface area contributed by atoms with Gasteiger partial charge in [-0.15, -0.1) is 0 Å². The summed E-state index contributed by atoms with van der Waals surface area (Å²) in [6.07, 6.45) is 0.431. The van der Waals surface area contributed by atoms with Gasteiger partial charge in [0.2, 0.25) is 11.8 Å². The minimum absolute atomic E-state index is 0.216. The topological polar surface area (TPSA) is 114 Å². The Labute approximate surface area is 211 Å². The molecule has 0 unspecified atom stereocenters. The summed E-state index contributed by atoms with van der Waals surface area (Å²) in [5.41, 5.74) is 2.91. The number of amides is 2. The van der Waals surface area contributed by atoms with Crippen LogP contribution in [0.3, 0.4) is 0 Å². The second-order valence-electron chi connectivity index (χ2n) is 8.39. The predicted octanol–water partition coefficient (Wildman–Crippen LogP) is 2.12. The van der Waals surface area contributed by atoms with Gasteiger partial charge in [0.1, 0.15) is 23.6 Å². The molecule has 2 amide bonds. The van der Waals surface area contributed by atoms with Crippen LogP contribution in [0.5, 0.6) is 34.5 Å². The van der Waals surface area contributed by atoms with Crippen molar-refractivity contribution in [1.29, 1.82) is 0 Å². The fourth-order valence-corrected chi connectivity index (χ4v) is 4.72. The number of nitrogens with one attached hydrogen (secondary N) is 2. The molecule has 2 atom stereocenters. The Bertz CT molecular complexity index is 1060. The SMILES string of the molecule is COc1cc(C[C@@H]2NC(=O)[C@H](Cc3cc(OC)c(OC)c(C)c3OC)NC2=O)c(OC)c(C)c1OC. The summed E-state index contributed by atoms with van der Waals surface area (Å²) in [4.78, 5) is 26.1. The number of piperazine rings is 1. The van der Waals surface area contributed by atoms with Crippen LogP contribution in [0.2, 0.25) is 0 Å². The molecule has 1 aliphatic rings. The zero-order valence-electron chi connectivity index (χ0n) is 22.0. The molecule has 0 saturated carbocycles. The molecule has 36 heavy (non-hydrogen) atoms. The van der Waals surface area contributed by atoms with E-state index >= 15 is 0 Å². The van der Waals surface area contributed by atoms with Crippen molar-refractivity contribution in [2.24, 2.45) is 0 Å². The van der Waals surface area contributed by atoms with Crippen LogP contribution < -0.4 is 39.1 Å². The lowest BCUT2D eigenvalue weighted by Crippen LogP contribution is -2.62. The summed E-state index contributed by atoms with van der Waals surface area (Å²) in [7, 11) is 9.27. The molecule has 0 aromatic heterocycles. The first-order valence-electron chi connectivity index (χ1n) is 11.4. The molecule has 0 aliphatic carbocycles. The van der Waals surface area contributed by atoms with Gasteiger partial charge >= 0.3 is 0 Å². The lowest BCUT2D eigenvalue weighted by molar-refractivity contribution is -0.136. The second kappa shape index (κ2) is 11.3. The smallest absolute Gasteiger partial charge is 0.243 e. The average molecular weight is 503 g/mol. The Balaban J connectivity index is 1.84. The van der Waals surface area contributed by atoms with E-state index in [0.29, 0.717) is 45.6 Å². The van der Waals surface area contributed by atoms with Crippen LogP contribution in [0.15, 0.2) is 12.1 Å². The number of carbonyl (C=O) groups excluding carboxylic acids is 2. The van der Waals surface area contributed by atoms with Crippen molar-refractivity contribution in [3.05, 3.63) is 34.4 Å². The molecule has 1 heterocycles.